The van der Waals surface area contributed by atoms with E-state index in [1.807, 2.05) is 0 Å². The van der Waals surface area contributed by atoms with Crippen LogP contribution in [0.3, 0.4) is 0 Å². The van der Waals surface area contributed by atoms with Crippen molar-refractivity contribution in [2.24, 2.45) is 17.6 Å². The molecule has 2 unspecified atom stereocenters. The molecule has 2 heterocycles. The number of hydrogen-bond donors (Lipinski definition) is 1. The molecule has 0 spiro atoms. The van der Waals surface area contributed by atoms with E-state index in [1.165, 1.54) is 23.5 Å². The first-order chi connectivity index (χ1) is 10.5. The molecule has 1 fully saturated rings. The Morgan fingerprint density at radius 1 is 1.59 bits per heavy atom. The maximum atomic E-state index is 11.7. The summed E-state index contributed by atoms with van der Waals surface area (Å²) in [6, 6.07) is 4.57. The van der Waals surface area contributed by atoms with Crippen LogP contribution < -0.4 is 5.73 Å². The fourth-order valence-electron chi connectivity index (χ4n) is 2.72. The van der Waals surface area contributed by atoms with E-state index in [9.17, 15) is 14.9 Å². The first-order valence-electron chi connectivity index (χ1n) is 6.95. The summed E-state index contributed by atoms with van der Waals surface area (Å²) in [7, 11) is 0. The van der Waals surface area contributed by atoms with E-state index < -0.39 is 4.92 Å². The van der Waals surface area contributed by atoms with Crippen LogP contribution in [0.2, 0.25) is 0 Å². The van der Waals surface area contributed by atoms with Crippen molar-refractivity contribution < 1.29 is 14.5 Å². The van der Waals surface area contributed by atoms with Gasteiger partial charge in [-0.05, 0) is 18.4 Å². The molecule has 2 atom stereocenters. The van der Waals surface area contributed by atoms with E-state index in [0.717, 1.165) is 16.1 Å². The zero-order chi connectivity index (χ0) is 15.7. The van der Waals surface area contributed by atoms with Crippen molar-refractivity contribution in [3.05, 3.63) is 33.3 Å². The monoisotopic (exact) mass is 321 g/mol. The van der Waals surface area contributed by atoms with Crippen LogP contribution in [0, 0.1) is 22.0 Å². The Morgan fingerprint density at radius 2 is 2.41 bits per heavy atom. The van der Waals surface area contributed by atoms with Crippen molar-refractivity contribution in [3.63, 3.8) is 0 Å². The van der Waals surface area contributed by atoms with Gasteiger partial charge in [0.1, 0.15) is 0 Å². The van der Waals surface area contributed by atoms with Crippen molar-refractivity contribution in [1.82, 2.24) is 4.98 Å². The van der Waals surface area contributed by atoms with Crippen LogP contribution in [0.1, 0.15) is 11.4 Å². The maximum Gasteiger partial charge on any atom is 0.270 e. The summed E-state index contributed by atoms with van der Waals surface area (Å²) in [6.07, 6.45) is 1.28. The van der Waals surface area contributed by atoms with Gasteiger partial charge < -0.3 is 10.5 Å². The second-order valence-corrected chi connectivity index (χ2v) is 6.47. The molecular weight excluding hydrogens is 306 g/mol. The fourth-order valence-corrected chi connectivity index (χ4v) is 3.78. The standard InChI is InChI=1S/C14H15N3O4S/c15-14(18)10(8-3-4-21-7-8)6-13-16-11-2-1-9(17(19)20)5-12(11)22-13/h1-2,5,8,10H,3-4,6-7H2,(H2,15,18). The van der Waals surface area contributed by atoms with Crippen molar-refractivity contribution in [2.75, 3.05) is 13.2 Å². The van der Waals surface area contributed by atoms with Crippen molar-refractivity contribution >= 4 is 33.1 Å². The molecule has 2 aromatic rings. The minimum Gasteiger partial charge on any atom is -0.381 e. The number of primary amides is 1. The second kappa shape index (κ2) is 5.98. The van der Waals surface area contributed by atoms with Gasteiger partial charge in [0.2, 0.25) is 5.91 Å². The van der Waals surface area contributed by atoms with Crippen LogP contribution in [-0.4, -0.2) is 29.0 Å². The van der Waals surface area contributed by atoms with Crippen LogP contribution >= 0.6 is 11.3 Å². The van der Waals surface area contributed by atoms with Crippen LogP contribution in [0.5, 0.6) is 0 Å². The molecule has 1 aromatic carbocycles. The molecule has 116 valence electrons. The Bertz CT molecular complexity index is 724. The summed E-state index contributed by atoms with van der Waals surface area (Å²) in [5.74, 6) is -0.530. The molecule has 0 saturated carbocycles. The number of non-ortho nitro benzene ring substituents is 1. The summed E-state index contributed by atoms with van der Waals surface area (Å²) in [6.45, 7) is 1.20. The first kappa shape index (κ1) is 14.9. The van der Waals surface area contributed by atoms with Gasteiger partial charge in [-0.2, -0.15) is 0 Å². The molecule has 7 nitrogen and oxygen atoms in total. The van der Waals surface area contributed by atoms with Crippen LogP contribution in [0.15, 0.2) is 18.2 Å². The van der Waals surface area contributed by atoms with E-state index in [4.69, 9.17) is 10.5 Å². The number of carbonyl (C=O) groups excluding carboxylic acids is 1. The van der Waals surface area contributed by atoms with E-state index in [0.29, 0.717) is 25.2 Å². The number of ether oxygens (including phenoxy) is 1. The second-order valence-electron chi connectivity index (χ2n) is 5.35. The topological polar surface area (TPSA) is 108 Å². The highest BCUT2D eigenvalue weighted by Crippen LogP contribution is 2.30. The van der Waals surface area contributed by atoms with Crippen molar-refractivity contribution in [3.8, 4) is 0 Å². The highest BCUT2D eigenvalue weighted by molar-refractivity contribution is 7.18. The number of rotatable bonds is 5. The Kier molecular flexibility index (Phi) is 4.04. The predicted molar refractivity (Wildman–Crippen MR) is 81.6 cm³/mol. The minimum absolute atomic E-state index is 0.0401. The van der Waals surface area contributed by atoms with Gasteiger partial charge in [0.15, 0.2) is 0 Å². The molecule has 1 aliphatic rings. The average Bonchev–Trinajstić information content (AvgIpc) is 3.12. The van der Waals surface area contributed by atoms with Gasteiger partial charge in [-0.15, -0.1) is 11.3 Å². The number of hydrogen-bond acceptors (Lipinski definition) is 6. The van der Waals surface area contributed by atoms with Crippen LogP contribution in [0.25, 0.3) is 10.2 Å². The number of nitro benzene ring substituents is 1. The van der Waals surface area contributed by atoms with Crippen molar-refractivity contribution in [1.29, 1.82) is 0 Å². The average molecular weight is 321 g/mol. The molecule has 8 heteroatoms. The zero-order valence-electron chi connectivity index (χ0n) is 11.7. The molecule has 3 rings (SSSR count). The van der Waals surface area contributed by atoms with Gasteiger partial charge in [-0.25, -0.2) is 4.98 Å². The highest BCUT2D eigenvalue weighted by atomic mass is 32.1. The first-order valence-corrected chi connectivity index (χ1v) is 7.77. The van der Waals surface area contributed by atoms with E-state index in [-0.39, 0.29) is 23.4 Å². The van der Waals surface area contributed by atoms with Crippen LogP contribution in [0.4, 0.5) is 5.69 Å². The third-order valence-electron chi connectivity index (χ3n) is 3.92. The summed E-state index contributed by atoms with van der Waals surface area (Å²) < 4.78 is 6.07. The molecule has 1 aromatic heterocycles. The Balaban J connectivity index is 1.85. The summed E-state index contributed by atoms with van der Waals surface area (Å²) >= 11 is 1.37. The Morgan fingerprint density at radius 3 is 3.05 bits per heavy atom. The maximum absolute atomic E-state index is 11.7. The molecule has 0 bridgehead atoms. The molecule has 1 aliphatic heterocycles. The van der Waals surface area contributed by atoms with Crippen LogP contribution in [-0.2, 0) is 16.0 Å². The van der Waals surface area contributed by atoms with Gasteiger partial charge in [0.25, 0.3) is 5.69 Å². The summed E-state index contributed by atoms with van der Waals surface area (Å²) in [5, 5.41) is 11.6. The normalized spacial score (nSPS) is 19.4. The van der Waals surface area contributed by atoms with E-state index >= 15 is 0 Å². The predicted octanol–water partition coefficient (Wildman–Crippen LogP) is 1.88. The number of aromatic nitrogens is 1. The minimum atomic E-state index is -0.430. The van der Waals surface area contributed by atoms with Gasteiger partial charge in [-0.3, -0.25) is 14.9 Å². The number of benzene rings is 1. The fraction of sp³-hybridized carbons (Fsp3) is 0.429. The lowest BCUT2D eigenvalue weighted by Gasteiger charge is -2.17. The number of fused-ring (bicyclic) bond motifs is 1. The molecule has 1 amide bonds. The molecule has 22 heavy (non-hydrogen) atoms. The quantitative estimate of drug-likeness (QED) is 0.668. The van der Waals surface area contributed by atoms with Gasteiger partial charge in [0.05, 0.1) is 26.8 Å². The lowest BCUT2D eigenvalue weighted by atomic mass is 9.88. The van der Waals surface area contributed by atoms with E-state index in [2.05, 4.69) is 4.98 Å². The summed E-state index contributed by atoms with van der Waals surface area (Å²) in [5.41, 5.74) is 6.26. The zero-order valence-corrected chi connectivity index (χ0v) is 12.5. The molecule has 0 aliphatic carbocycles. The lowest BCUT2D eigenvalue weighted by Crippen LogP contribution is -2.32. The highest BCUT2D eigenvalue weighted by Gasteiger charge is 2.31. The third-order valence-corrected chi connectivity index (χ3v) is 4.96. The number of nitro groups is 1. The molecule has 1 saturated heterocycles. The smallest absolute Gasteiger partial charge is 0.270 e. The Labute approximate surface area is 130 Å². The number of nitrogens with zero attached hydrogens (tertiary/aromatic N) is 2. The van der Waals surface area contributed by atoms with Gasteiger partial charge in [0, 0.05) is 31.1 Å². The number of carbonyl (C=O) groups is 1. The largest absolute Gasteiger partial charge is 0.381 e. The lowest BCUT2D eigenvalue weighted by molar-refractivity contribution is -0.384. The van der Waals surface area contributed by atoms with Crippen molar-refractivity contribution in [2.45, 2.75) is 12.8 Å². The third kappa shape index (κ3) is 2.93. The van der Waals surface area contributed by atoms with E-state index in [1.54, 1.807) is 6.07 Å². The SMILES string of the molecule is NC(=O)C(Cc1nc2ccc([N+](=O)[O-])cc2s1)C1CCOC1. The summed E-state index contributed by atoms with van der Waals surface area (Å²) in [4.78, 5) is 26.5. The van der Waals surface area contributed by atoms with Gasteiger partial charge in [-0.1, -0.05) is 0 Å². The Hall–Kier alpha value is -2.06. The number of nitrogens with two attached hydrogens (primary N) is 1. The molecular formula is C14H15N3O4S. The van der Waals surface area contributed by atoms with Gasteiger partial charge >= 0.3 is 0 Å². The number of thiazole rings is 1. The number of amides is 1. The molecule has 0 radical (unpaired) electrons. The molecule has 2 N–H and O–H groups in total.